The highest BCUT2D eigenvalue weighted by Gasteiger charge is 2.00. The number of aryl methyl sites for hydroxylation is 1. The Morgan fingerprint density at radius 1 is 1.18 bits per heavy atom. The van der Waals surface area contributed by atoms with E-state index >= 15 is 0 Å². The molecular formula is C13H12Br2N2. The molecular weight excluding hydrogens is 344 g/mol. The van der Waals surface area contributed by atoms with Crippen molar-refractivity contribution < 1.29 is 0 Å². The van der Waals surface area contributed by atoms with Crippen LogP contribution in [-0.2, 0) is 6.54 Å². The van der Waals surface area contributed by atoms with Gasteiger partial charge in [-0.3, -0.25) is 4.98 Å². The first kappa shape index (κ1) is 12.6. The fraction of sp³-hybridized carbons (Fsp3) is 0.154. The summed E-state index contributed by atoms with van der Waals surface area (Å²) in [5.74, 6) is 0. The molecule has 1 N–H and O–H groups in total. The Hall–Kier alpha value is -0.870. The predicted molar refractivity (Wildman–Crippen MR) is 78.1 cm³/mol. The lowest BCUT2D eigenvalue weighted by Gasteiger charge is -2.09. The first-order chi connectivity index (χ1) is 8.16. The smallest absolute Gasteiger partial charge is 0.0603 e. The summed E-state index contributed by atoms with van der Waals surface area (Å²) in [5, 5.41) is 3.38. The van der Waals surface area contributed by atoms with Gasteiger partial charge in [0.2, 0.25) is 0 Å². The van der Waals surface area contributed by atoms with Crippen LogP contribution in [-0.4, -0.2) is 4.98 Å². The van der Waals surface area contributed by atoms with Crippen molar-refractivity contribution in [2.75, 3.05) is 5.32 Å². The van der Waals surface area contributed by atoms with Crippen molar-refractivity contribution in [2.45, 2.75) is 13.5 Å². The van der Waals surface area contributed by atoms with Crippen LogP contribution in [0.5, 0.6) is 0 Å². The number of hydrogen-bond acceptors (Lipinski definition) is 2. The molecule has 0 amide bonds. The maximum atomic E-state index is 4.24. The zero-order valence-corrected chi connectivity index (χ0v) is 12.5. The molecule has 0 saturated heterocycles. The number of anilines is 1. The fourth-order valence-electron chi connectivity index (χ4n) is 1.52. The quantitative estimate of drug-likeness (QED) is 0.875. The van der Waals surface area contributed by atoms with Crippen LogP contribution in [0, 0.1) is 6.92 Å². The van der Waals surface area contributed by atoms with Gasteiger partial charge in [-0.1, -0.05) is 6.07 Å². The van der Waals surface area contributed by atoms with Gasteiger partial charge >= 0.3 is 0 Å². The van der Waals surface area contributed by atoms with Crippen LogP contribution in [0.3, 0.4) is 0 Å². The second-order valence-corrected chi connectivity index (χ2v) is 5.45. The van der Waals surface area contributed by atoms with E-state index in [1.165, 1.54) is 5.56 Å². The number of nitrogens with zero attached hydrogens (tertiary/aromatic N) is 1. The molecule has 0 aliphatic rings. The van der Waals surface area contributed by atoms with Gasteiger partial charge < -0.3 is 5.32 Å². The number of rotatable bonds is 3. The molecule has 0 bridgehead atoms. The van der Waals surface area contributed by atoms with E-state index in [-0.39, 0.29) is 0 Å². The van der Waals surface area contributed by atoms with Gasteiger partial charge in [-0.25, -0.2) is 0 Å². The van der Waals surface area contributed by atoms with Crippen LogP contribution in [0.4, 0.5) is 5.69 Å². The third kappa shape index (κ3) is 3.30. The molecule has 1 heterocycles. The Bertz CT molecular complexity index is 527. The first-order valence-corrected chi connectivity index (χ1v) is 6.85. The Morgan fingerprint density at radius 2 is 2.00 bits per heavy atom. The maximum absolute atomic E-state index is 4.24. The van der Waals surface area contributed by atoms with Crippen molar-refractivity contribution in [1.82, 2.24) is 4.98 Å². The summed E-state index contributed by atoms with van der Waals surface area (Å²) in [6.07, 6.45) is 1.80. The summed E-state index contributed by atoms with van der Waals surface area (Å²) in [6, 6.07) is 10.2. The molecule has 0 spiro atoms. The number of hydrogen-bond donors (Lipinski definition) is 1. The van der Waals surface area contributed by atoms with Gasteiger partial charge in [-0.05, 0) is 68.6 Å². The van der Waals surface area contributed by atoms with Crippen LogP contribution in [0.25, 0.3) is 0 Å². The minimum absolute atomic E-state index is 0.790. The summed E-state index contributed by atoms with van der Waals surface area (Å²) in [6.45, 7) is 2.79. The molecule has 0 saturated carbocycles. The molecule has 0 aliphatic heterocycles. The Kier molecular flexibility index (Phi) is 4.18. The summed E-state index contributed by atoms with van der Waals surface area (Å²) in [4.78, 5) is 4.24. The van der Waals surface area contributed by atoms with Crippen LogP contribution < -0.4 is 5.32 Å². The Morgan fingerprint density at radius 3 is 2.71 bits per heavy atom. The molecule has 0 aliphatic carbocycles. The summed E-state index contributed by atoms with van der Waals surface area (Å²) < 4.78 is 2.14. The standard InChI is InChI=1S/C13H12Br2N2/c1-9-13(3-2-6-16-9)17-8-10-4-5-11(14)12(15)7-10/h2-7,17H,8H2,1H3. The SMILES string of the molecule is Cc1ncccc1NCc1ccc(Br)c(Br)c1. The van der Waals surface area contributed by atoms with E-state index in [1.54, 1.807) is 6.20 Å². The average molecular weight is 356 g/mol. The van der Waals surface area contributed by atoms with Gasteiger partial charge in [0.15, 0.2) is 0 Å². The number of pyridine rings is 1. The van der Waals surface area contributed by atoms with Gasteiger partial charge in [0.05, 0.1) is 11.4 Å². The summed E-state index contributed by atoms with van der Waals surface area (Å²) in [7, 11) is 0. The average Bonchev–Trinajstić information content (AvgIpc) is 2.32. The van der Waals surface area contributed by atoms with E-state index in [2.05, 4.69) is 54.3 Å². The fourth-order valence-corrected chi connectivity index (χ4v) is 2.19. The molecule has 0 atom stereocenters. The molecule has 0 unspecified atom stereocenters. The molecule has 1 aromatic heterocycles. The van der Waals surface area contributed by atoms with Gasteiger partial charge in [-0.15, -0.1) is 0 Å². The van der Waals surface area contributed by atoms with Gasteiger partial charge in [0.25, 0.3) is 0 Å². The monoisotopic (exact) mass is 354 g/mol. The van der Waals surface area contributed by atoms with Crippen molar-refractivity contribution in [3.63, 3.8) is 0 Å². The number of nitrogens with one attached hydrogen (secondary N) is 1. The third-order valence-electron chi connectivity index (χ3n) is 2.47. The van der Waals surface area contributed by atoms with Crippen molar-refractivity contribution in [1.29, 1.82) is 0 Å². The lowest BCUT2D eigenvalue weighted by molar-refractivity contribution is 1.10. The van der Waals surface area contributed by atoms with E-state index in [4.69, 9.17) is 0 Å². The highest BCUT2D eigenvalue weighted by atomic mass is 79.9. The second kappa shape index (κ2) is 5.65. The Labute approximate surface area is 118 Å². The summed E-state index contributed by atoms with van der Waals surface area (Å²) in [5.41, 5.74) is 3.32. The van der Waals surface area contributed by atoms with Crippen molar-refractivity contribution in [2.24, 2.45) is 0 Å². The number of benzene rings is 1. The minimum atomic E-state index is 0.790. The van der Waals surface area contributed by atoms with Crippen molar-refractivity contribution in [3.8, 4) is 0 Å². The molecule has 2 rings (SSSR count). The zero-order valence-electron chi connectivity index (χ0n) is 9.37. The second-order valence-electron chi connectivity index (χ2n) is 3.74. The highest BCUT2D eigenvalue weighted by Crippen LogP contribution is 2.24. The molecule has 17 heavy (non-hydrogen) atoms. The van der Waals surface area contributed by atoms with Crippen LogP contribution in [0.1, 0.15) is 11.3 Å². The maximum Gasteiger partial charge on any atom is 0.0603 e. The van der Waals surface area contributed by atoms with Gasteiger partial charge in [-0.2, -0.15) is 0 Å². The topological polar surface area (TPSA) is 24.9 Å². The first-order valence-electron chi connectivity index (χ1n) is 5.26. The van der Waals surface area contributed by atoms with Gasteiger partial charge in [0.1, 0.15) is 0 Å². The molecule has 2 aromatic rings. The molecule has 0 radical (unpaired) electrons. The van der Waals surface area contributed by atoms with E-state index < -0.39 is 0 Å². The van der Waals surface area contributed by atoms with E-state index in [1.807, 2.05) is 25.1 Å². The number of aromatic nitrogens is 1. The van der Waals surface area contributed by atoms with E-state index in [0.717, 1.165) is 26.9 Å². The molecule has 0 fully saturated rings. The van der Waals surface area contributed by atoms with Crippen LogP contribution in [0.15, 0.2) is 45.5 Å². The van der Waals surface area contributed by atoms with Crippen molar-refractivity contribution in [3.05, 3.63) is 56.7 Å². The van der Waals surface area contributed by atoms with E-state index in [0.29, 0.717) is 0 Å². The van der Waals surface area contributed by atoms with Gasteiger partial charge in [0, 0.05) is 21.7 Å². The summed E-state index contributed by atoms with van der Waals surface area (Å²) >= 11 is 6.96. The van der Waals surface area contributed by atoms with Crippen LogP contribution >= 0.6 is 31.9 Å². The predicted octanol–water partition coefficient (Wildman–Crippen LogP) is 4.53. The zero-order chi connectivity index (χ0) is 12.3. The molecule has 4 heteroatoms. The lowest BCUT2D eigenvalue weighted by atomic mass is 10.2. The molecule has 88 valence electrons. The Balaban J connectivity index is 2.08. The lowest BCUT2D eigenvalue weighted by Crippen LogP contribution is -2.01. The minimum Gasteiger partial charge on any atom is -0.380 e. The number of halogens is 2. The molecule has 1 aromatic carbocycles. The largest absolute Gasteiger partial charge is 0.380 e. The third-order valence-corrected chi connectivity index (χ3v) is 4.35. The van der Waals surface area contributed by atoms with Crippen molar-refractivity contribution >= 4 is 37.5 Å². The molecule has 2 nitrogen and oxygen atoms in total. The van der Waals surface area contributed by atoms with Crippen LogP contribution in [0.2, 0.25) is 0 Å². The highest BCUT2D eigenvalue weighted by molar-refractivity contribution is 9.13. The normalized spacial score (nSPS) is 10.3. The van der Waals surface area contributed by atoms with E-state index in [9.17, 15) is 0 Å².